The summed E-state index contributed by atoms with van der Waals surface area (Å²) in [6.07, 6.45) is 2.56. The zero-order valence-electron chi connectivity index (χ0n) is 24.4. The van der Waals surface area contributed by atoms with Crippen molar-refractivity contribution in [1.82, 2.24) is 5.32 Å². The number of amides is 2. The van der Waals surface area contributed by atoms with Gasteiger partial charge in [0, 0.05) is 31.3 Å². The Bertz CT molecular complexity index is 1200. The standard InChI is InChI=1S/C29H39IN2O9/c1-14-11-18-24(34)22(21(30)25(35)27(18)40-7)32-28(36)15(2)9-8-10-19(38-5)26(41-29(31)37)17(4)13-16(3)23(33)20(12-14)39-6/h8-10,13-14,16,19-20,23,26,33H,11-12H2,1-7H3,(H2,31,37)(H,32,36)/b10-8-,15-9+,17-13+/t14-,16+,19+,20+,23-,26+/m1/s1. The molecule has 2 amide bonds. The number of ketones is 2. The summed E-state index contributed by atoms with van der Waals surface area (Å²) in [5.74, 6) is -2.34. The average molecular weight is 687 g/mol. The Balaban J connectivity index is 2.65. The van der Waals surface area contributed by atoms with Crippen LogP contribution < -0.4 is 11.1 Å². The van der Waals surface area contributed by atoms with Crippen molar-refractivity contribution in [2.45, 2.75) is 65.0 Å². The molecule has 226 valence electrons. The SMILES string of the molecule is COC1=C2C[C@@H](C)C[C@H](OC)[C@H](O)[C@@H](C)/C=C(\C)[C@H](OC(N)=O)[C@@H](OC)/C=C\C=C(/C)C(=O)NC(=C(I)C1=O)C2=O. The molecule has 4 N–H and O–H groups in total. The van der Waals surface area contributed by atoms with Gasteiger partial charge in [-0.15, -0.1) is 0 Å². The topological polar surface area (TPSA) is 163 Å². The van der Waals surface area contributed by atoms with E-state index in [1.807, 2.05) is 6.92 Å². The third kappa shape index (κ3) is 8.60. The van der Waals surface area contributed by atoms with Crippen LogP contribution in [-0.4, -0.2) is 74.4 Å². The Morgan fingerprint density at radius 3 is 2.32 bits per heavy atom. The van der Waals surface area contributed by atoms with Gasteiger partial charge in [-0.3, -0.25) is 14.4 Å². The maximum atomic E-state index is 13.5. The number of primary amides is 1. The van der Waals surface area contributed by atoms with Crippen molar-refractivity contribution in [3.05, 3.63) is 56.1 Å². The van der Waals surface area contributed by atoms with Crippen molar-refractivity contribution in [3.8, 4) is 0 Å². The number of allylic oxidation sites excluding steroid dienone is 4. The molecule has 1 aliphatic heterocycles. The summed E-state index contributed by atoms with van der Waals surface area (Å²) in [6.45, 7) is 6.94. The highest BCUT2D eigenvalue weighted by Gasteiger charge is 2.37. The maximum absolute atomic E-state index is 13.5. The molecule has 6 atom stereocenters. The molecule has 12 heteroatoms. The number of methoxy groups -OCH3 is 3. The van der Waals surface area contributed by atoms with Gasteiger partial charge in [0.15, 0.2) is 11.9 Å². The smallest absolute Gasteiger partial charge is 0.405 e. The minimum Gasteiger partial charge on any atom is -0.492 e. The van der Waals surface area contributed by atoms with E-state index in [-0.39, 0.29) is 38.5 Å². The number of hydrogen-bond donors (Lipinski definition) is 3. The van der Waals surface area contributed by atoms with E-state index in [1.165, 1.54) is 27.4 Å². The highest BCUT2D eigenvalue weighted by Crippen LogP contribution is 2.33. The third-order valence-electron chi connectivity index (χ3n) is 7.05. The predicted molar refractivity (Wildman–Crippen MR) is 160 cm³/mol. The number of hydrogen-bond acceptors (Lipinski definition) is 9. The third-order valence-corrected chi connectivity index (χ3v) is 8.08. The Hall–Kier alpha value is -2.81. The lowest BCUT2D eigenvalue weighted by Gasteiger charge is -2.30. The molecule has 0 saturated carbocycles. The number of carbonyl (C=O) groups excluding carboxylic acids is 4. The van der Waals surface area contributed by atoms with Crippen LogP contribution in [0.25, 0.3) is 0 Å². The van der Waals surface area contributed by atoms with Crippen LogP contribution in [0.15, 0.2) is 56.1 Å². The number of aliphatic hydroxyl groups is 1. The van der Waals surface area contributed by atoms with Gasteiger partial charge in [0.25, 0.3) is 5.91 Å². The Labute approximate surface area is 254 Å². The Morgan fingerprint density at radius 1 is 1.10 bits per heavy atom. The van der Waals surface area contributed by atoms with Gasteiger partial charge >= 0.3 is 6.09 Å². The summed E-state index contributed by atoms with van der Waals surface area (Å²) < 4.78 is 21.9. The first-order chi connectivity index (χ1) is 19.3. The molecule has 1 aliphatic carbocycles. The zero-order valence-corrected chi connectivity index (χ0v) is 26.5. The van der Waals surface area contributed by atoms with Gasteiger partial charge in [-0.1, -0.05) is 38.2 Å². The van der Waals surface area contributed by atoms with E-state index in [2.05, 4.69) is 5.32 Å². The van der Waals surface area contributed by atoms with E-state index < -0.39 is 53.9 Å². The molecule has 41 heavy (non-hydrogen) atoms. The van der Waals surface area contributed by atoms with Crippen LogP contribution in [0.1, 0.15) is 40.5 Å². The number of nitrogens with two attached hydrogens (primary N) is 1. The van der Waals surface area contributed by atoms with Crippen LogP contribution in [0, 0.1) is 11.8 Å². The number of fused-ring (bicyclic) bond motifs is 2. The van der Waals surface area contributed by atoms with E-state index in [0.717, 1.165) is 0 Å². The van der Waals surface area contributed by atoms with Crippen LogP contribution in [-0.2, 0) is 33.3 Å². The van der Waals surface area contributed by atoms with Gasteiger partial charge in [0.05, 0.1) is 22.9 Å². The molecule has 2 aliphatic rings. The fourth-order valence-electron chi connectivity index (χ4n) is 4.81. The van der Waals surface area contributed by atoms with E-state index in [4.69, 9.17) is 24.7 Å². The van der Waals surface area contributed by atoms with Crippen LogP contribution in [0.3, 0.4) is 0 Å². The molecule has 11 nitrogen and oxygen atoms in total. The Morgan fingerprint density at radius 2 is 1.76 bits per heavy atom. The van der Waals surface area contributed by atoms with Gasteiger partial charge in [0.1, 0.15) is 11.8 Å². The molecule has 0 aromatic carbocycles. The first-order valence-corrected chi connectivity index (χ1v) is 14.2. The second-order valence-electron chi connectivity index (χ2n) is 10.2. The van der Waals surface area contributed by atoms with Crippen molar-refractivity contribution in [2.24, 2.45) is 17.6 Å². The van der Waals surface area contributed by atoms with E-state index in [1.54, 1.807) is 61.6 Å². The molecule has 0 saturated heterocycles. The molecule has 0 unspecified atom stereocenters. The highest BCUT2D eigenvalue weighted by molar-refractivity contribution is 14.1. The van der Waals surface area contributed by atoms with Gasteiger partial charge in [0.2, 0.25) is 11.6 Å². The number of ether oxygens (including phenoxy) is 4. The first-order valence-electron chi connectivity index (χ1n) is 13.1. The number of halogens is 1. The van der Waals surface area contributed by atoms with Crippen LogP contribution in [0.2, 0.25) is 0 Å². The van der Waals surface area contributed by atoms with E-state index in [0.29, 0.717) is 12.0 Å². The second kappa shape index (κ2) is 15.4. The van der Waals surface area contributed by atoms with Gasteiger partial charge in [-0.05, 0) is 60.8 Å². The summed E-state index contributed by atoms with van der Waals surface area (Å²) in [7, 11) is 4.23. The normalized spacial score (nSPS) is 32.5. The summed E-state index contributed by atoms with van der Waals surface area (Å²) in [6, 6.07) is 0. The minimum atomic E-state index is -1.00. The fraction of sp³-hybridized carbons (Fsp3) is 0.517. The van der Waals surface area contributed by atoms with E-state index in [9.17, 15) is 24.3 Å². The molecule has 2 bridgehead atoms. The molecular weight excluding hydrogens is 647 g/mol. The first kappa shape index (κ1) is 34.4. The molecule has 1 heterocycles. The molecule has 0 aromatic rings. The zero-order chi connectivity index (χ0) is 31.0. The number of rotatable bonds is 4. The molecular formula is C29H39IN2O9. The lowest BCUT2D eigenvalue weighted by atomic mass is 9.85. The van der Waals surface area contributed by atoms with Gasteiger partial charge in [-0.25, -0.2) is 4.79 Å². The number of nitrogens with one attached hydrogen (secondary N) is 1. The Kier molecular flexibility index (Phi) is 12.9. The molecule has 0 radical (unpaired) electrons. The van der Waals surface area contributed by atoms with E-state index >= 15 is 0 Å². The predicted octanol–water partition coefficient (Wildman–Crippen LogP) is 3.17. The van der Waals surface area contributed by atoms with Crippen molar-refractivity contribution >= 4 is 46.2 Å². The molecule has 2 rings (SSSR count). The van der Waals surface area contributed by atoms with Crippen molar-refractivity contribution in [1.29, 1.82) is 0 Å². The summed E-state index contributed by atoms with van der Waals surface area (Å²) in [5, 5.41) is 13.8. The lowest BCUT2D eigenvalue weighted by molar-refractivity contribution is -0.121. The summed E-state index contributed by atoms with van der Waals surface area (Å²) in [5.41, 5.74) is 6.17. The lowest BCUT2D eigenvalue weighted by Crippen LogP contribution is -2.37. The second-order valence-corrected chi connectivity index (χ2v) is 11.3. The van der Waals surface area contributed by atoms with Crippen molar-refractivity contribution in [2.75, 3.05) is 21.3 Å². The summed E-state index contributed by atoms with van der Waals surface area (Å²) in [4.78, 5) is 51.3. The average Bonchev–Trinajstić information content (AvgIpc) is 2.92. The minimum absolute atomic E-state index is 0.0369. The number of aliphatic hydroxyl groups excluding tert-OH is 1. The monoisotopic (exact) mass is 686 g/mol. The van der Waals surface area contributed by atoms with Crippen molar-refractivity contribution in [3.63, 3.8) is 0 Å². The van der Waals surface area contributed by atoms with Gasteiger partial charge < -0.3 is 35.1 Å². The quantitative estimate of drug-likeness (QED) is 0.229. The van der Waals surface area contributed by atoms with Crippen LogP contribution in [0.4, 0.5) is 4.79 Å². The number of carbonyl (C=O) groups is 4. The molecule has 0 spiro atoms. The highest BCUT2D eigenvalue weighted by atomic mass is 127. The molecule has 0 fully saturated rings. The molecule has 0 aromatic heterocycles. The maximum Gasteiger partial charge on any atom is 0.405 e. The fourth-order valence-corrected chi connectivity index (χ4v) is 5.44. The van der Waals surface area contributed by atoms with Crippen LogP contribution in [0.5, 0.6) is 0 Å². The largest absolute Gasteiger partial charge is 0.492 e. The van der Waals surface area contributed by atoms with Gasteiger partial charge in [-0.2, -0.15) is 0 Å². The van der Waals surface area contributed by atoms with Crippen LogP contribution >= 0.6 is 22.6 Å². The van der Waals surface area contributed by atoms with Crippen molar-refractivity contribution < 1.29 is 43.2 Å². The number of Topliss-reactive ketones (excluding diaryl/α,β-unsaturated/α-hetero) is 2. The summed E-state index contributed by atoms with van der Waals surface area (Å²) >= 11 is 1.73.